The third-order valence-corrected chi connectivity index (χ3v) is 11.9. The number of nitrogens with zero attached hydrogens (tertiary/aromatic N) is 2. The first kappa shape index (κ1) is 31.6. The number of aromatic hydroxyl groups is 1. The number of ether oxygens (including phenoxy) is 1. The second kappa shape index (κ2) is 11.3. The molecule has 0 radical (unpaired) electrons. The third kappa shape index (κ3) is 4.37. The zero-order valence-electron chi connectivity index (χ0n) is 24.9. The van der Waals surface area contributed by atoms with Gasteiger partial charge in [-0.25, -0.2) is 0 Å². The zero-order valence-corrected chi connectivity index (χ0v) is 28.0. The van der Waals surface area contributed by atoms with Gasteiger partial charge in [0, 0.05) is 22.6 Å². The summed E-state index contributed by atoms with van der Waals surface area (Å²) < 4.78 is 5.41. The zero-order chi connectivity index (χ0) is 33.4. The molecule has 7 rings (SSSR count). The summed E-state index contributed by atoms with van der Waals surface area (Å²) >= 11 is 17.7. The van der Waals surface area contributed by atoms with Gasteiger partial charge in [0.1, 0.15) is 11.5 Å². The second-order valence-electron chi connectivity index (χ2n) is 12.2. The van der Waals surface area contributed by atoms with Gasteiger partial charge >= 0.3 is 0 Å². The van der Waals surface area contributed by atoms with Gasteiger partial charge in [0.2, 0.25) is 11.8 Å². The number of likely N-dealkylation sites (tertiary alicyclic amines) is 1. The van der Waals surface area contributed by atoms with E-state index in [1.165, 1.54) is 19.2 Å². The third-order valence-electron chi connectivity index (χ3n) is 9.98. The minimum absolute atomic E-state index is 0.159. The summed E-state index contributed by atoms with van der Waals surface area (Å²) in [5.41, 5.74) is 1.82. The highest BCUT2D eigenvalue weighted by Gasteiger charge is 2.76. The van der Waals surface area contributed by atoms with E-state index in [0.29, 0.717) is 28.1 Å². The Balaban J connectivity index is 1.30. The number of fused-ring (bicyclic) bond motifs is 4. The van der Waals surface area contributed by atoms with Crippen LogP contribution in [0.5, 0.6) is 11.5 Å². The first-order valence-corrected chi connectivity index (χ1v) is 16.8. The van der Waals surface area contributed by atoms with Crippen molar-refractivity contribution in [2.75, 3.05) is 17.5 Å². The van der Waals surface area contributed by atoms with Gasteiger partial charge in [0.05, 0.1) is 30.1 Å². The first-order valence-electron chi connectivity index (χ1n) is 14.9. The molecule has 0 aromatic heterocycles. The summed E-state index contributed by atoms with van der Waals surface area (Å²) in [5, 5.41) is 11.1. The van der Waals surface area contributed by atoms with Gasteiger partial charge in [0.25, 0.3) is 11.8 Å². The number of rotatable bonds is 6. The highest BCUT2D eigenvalue weighted by atomic mass is 79.9. The summed E-state index contributed by atoms with van der Waals surface area (Å²) in [7, 11) is 1.45. The van der Waals surface area contributed by atoms with E-state index in [1.54, 1.807) is 60.7 Å². The Kier molecular flexibility index (Phi) is 7.61. The minimum Gasteiger partial charge on any atom is -0.508 e. The standard InChI is InChI=1S/C35H27BrCl2N2O7/c1-47-21-11-14-26(41)24(15-21)28-22-12-13-23-27(25(22)16-34(37)32(45)39(17-36)33(46)35(28,34)38)31(44)40(30(23)43)20-9-7-19(8-10-20)29(42)18-5-3-2-4-6-18/h2-12,14-15,23,25,27-28,41H,13,16-17H2,1H3/t23-,25+,27-,28+,34+,35-/m0/s1. The quantitative estimate of drug-likeness (QED) is 0.116. The molecule has 0 spiro atoms. The average Bonchev–Trinajstić information content (AvgIpc) is 3.42. The van der Waals surface area contributed by atoms with Crippen LogP contribution in [-0.2, 0) is 19.2 Å². The van der Waals surface area contributed by atoms with Crippen LogP contribution < -0.4 is 9.64 Å². The number of amides is 4. The fourth-order valence-corrected chi connectivity index (χ4v) is 9.18. The molecule has 3 aromatic carbocycles. The van der Waals surface area contributed by atoms with Gasteiger partial charge in [0.15, 0.2) is 15.5 Å². The van der Waals surface area contributed by atoms with Crippen molar-refractivity contribution in [2.24, 2.45) is 17.8 Å². The summed E-state index contributed by atoms with van der Waals surface area (Å²) in [6.07, 6.45) is 1.77. The number of phenolic OH excluding ortho intramolecular Hbond substituents is 1. The summed E-state index contributed by atoms with van der Waals surface area (Å²) in [4.78, 5) is 66.9. The van der Waals surface area contributed by atoms with E-state index >= 15 is 0 Å². The predicted molar refractivity (Wildman–Crippen MR) is 177 cm³/mol. The molecular formula is C35H27BrCl2N2O7. The number of carbonyl (C=O) groups excluding carboxylic acids is 5. The van der Waals surface area contributed by atoms with Gasteiger partial charge < -0.3 is 9.84 Å². The molecule has 3 fully saturated rings. The smallest absolute Gasteiger partial charge is 0.254 e. The van der Waals surface area contributed by atoms with E-state index in [1.807, 2.05) is 6.07 Å². The first-order chi connectivity index (χ1) is 22.5. The Morgan fingerprint density at radius 2 is 1.62 bits per heavy atom. The number of allylic oxidation sites excluding steroid dienone is 2. The molecule has 4 amide bonds. The molecule has 1 N–H and O–H groups in total. The number of benzene rings is 3. The molecule has 0 unspecified atom stereocenters. The van der Waals surface area contributed by atoms with Crippen molar-refractivity contribution in [3.63, 3.8) is 0 Å². The number of alkyl halides is 3. The molecule has 12 heteroatoms. The van der Waals surface area contributed by atoms with Crippen molar-refractivity contribution in [2.45, 2.75) is 28.5 Å². The number of phenols is 1. The number of anilines is 1. The molecule has 4 aliphatic rings. The maximum Gasteiger partial charge on any atom is 0.254 e. The Morgan fingerprint density at radius 1 is 0.936 bits per heavy atom. The molecule has 1 saturated carbocycles. The number of hydrogen-bond acceptors (Lipinski definition) is 7. The van der Waals surface area contributed by atoms with Gasteiger partial charge in [-0.3, -0.25) is 33.8 Å². The molecular weight excluding hydrogens is 711 g/mol. The molecule has 2 aliphatic carbocycles. The maximum atomic E-state index is 14.3. The predicted octanol–water partition coefficient (Wildman–Crippen LogP) is 5.55. The minimum atomic E-state index is -2.05. The van der Waals surface area contributed by atoms with Crippen LogP contribution >= 0.6 is 39.1 Å². The lowest BCUT2D eigenvalue weighted by molar-refractivity contribution is -0.138. The molecule has 3 aromatic rings. The lowest BCUT2D eigenvalue weighted by atomic mass is 9.56. The molecule has 47 heavy (non-hydrogen) atoms. The van der Waals surface area contributed by atoms with Crippen molar-refractivity contribution in [1.82, 2.24) is 4.90 Å². The van der Waals surface area contributed by atoms with Crippen LogP contribution in [0.15, 0.2) is 84.4 Å². The topological polar surface area (TPSA) is 121 Å². The van der Waals surface area contributed by atoms with E-state index in [2.05, 4.69) is 15.9 Å². The molecule has 0 bridgehead atoms. The summed E-state index contributed by atoms with van der Waals surface area (Å²) in [5.74, 6) is -5.94. The van der Waals surface area contributed by atoms with Crippen molar-refractivity contribution in [3.05, 3.63) is 101 Å². The van der Waals surface area contributed by atoms with Crippen LogP contribution in [0.25, 0.3) is 0 Å². The van der Waals surface area contributed by atoms with Crippen LogP contribution in [-0.4, -0.2) is 61.7 Å². The number of hydrogen-bond donors (Lipinski definition) is 1. The highest BCUT2D eigenvalue weighted by Crippen LogP contribution is 2.66. The number of methoxy groups -OCH3 is 1. The van der Waals surface area contributed by atoms with E-state index in [0.717, 1.165) is 9.80 Å². The normalized spacial score (nSPS) is 29.7. The van der Waals surface area contributed by atoms with E-state index in [-0.39, 0.29) is 35.4 Å². The van der Waals surface area contributed by atoms with Crippen molar-refractivity contribution >= 4 is 74.2 Å². The van der Waals surface area contributed by atoms with Gasteiger partial charge in [-0.15, -0.1) is 23.2 Å². The lowest BCUT2D eigenvalue weighted by Crippen LogP contribution is -2.60. The van der Waals surface area contributed by atoms with Crippen molar-refractivity contribution < 1.29 is 33.8 Å². The summed E-state index contributed by atoms with van der Waals surface area (Å²) in [6.45, 7) is 0. The number of imide groups is 2. The second-order valence-corrected chi connectivity index (χ2v) is 13.9. The van der Waals surface area contributed by atoms with Gasteiger partial charge in [-0.05, 0) is 61.2 Å². The van der Waals surface area contributed by atoms with Crippen molar-refractivity contribution in [1.29, 1.82) is 0 Å². The van der Waals surface area contributed by atoms with Gasteiger partial charge in [-0.2, -0.15) is 0 Å². The Hall–Kier alpha value is -3.99. The highest BCUT2D eigenvalue weighted by molar-refractivity contribution is 9.09. The van der Waals surface area contributed by atoms with Gasteiger partial charge in [-0.1, -0.05) is 57.9 Å². The van der Waals surface area contributed by atoms with Crippen LogP contribution in [0, 0.1) is 17.8 Å². The lowest BCUT2D eigenvalue weighted by Gasteiger charge is -2.50. The van der Waals surface area contributed by atoms with Crippen LogP contribution in [0.3, 0.4) is 0 Å². The number of ketones is 1. The van der Waals surface area contributed by atoms with Crippen LogP contribution in [0.2, 0.25) is 0 Å². The van der Waals surface area contributed by atoms with Crippen LogP contribution in [0.4, 0.5) is 5.69 Å². The number of carbonyl (C=O) groups is 5. The SMILES string of the molecule is COc1ccc(O)c([C@H]2C3=CC[C@@H]4C(=O)N(c5ccc(C(=O)c6ccccc6)cc5)C(=O)[C@@H]4[C@@H]3C[C@@]3(Cl)C(=O)N(CBr)C(=O)[C@@]23Cl)c1. The van der Waals surface area contributed by atoms with E-state index < -0.39 is 57.0 Å². The Morgan fingerprint density at radius 3 is 2.28 bits per heavy atom. The molecule has 2 heterocycles. The van der Waals surface area contributed by atoms with E-state index in [4.69, 9.17) is 27.9 Å². The summed E-state index contributed by atoms with van der Waals surface area (Å²) in [6, 6.07) is 19.5. The molecule has 2 saturated heterocycles. The maximum absolute atomic E-state index is 14.3. The average molecular weight is 738 g/mol. The molecule has 240 valence electrons. The van der Waals surface area contributed by atoms with E-state index in [9.17, 15) is 29.1 Å². The molecule has 9 nitrogen and oxygen atoms in total. The molecule has 2 aliphatic heterocycles. The number of halogens is 3. The monoisotopic (exact) mass is 736 g/mol. The van der Waals surface area contributed by atoms with Crippen LogP contribution in [0.1, 0.15) is 40.2 Å². The largest absolute Gasteiger partial charge is 0.508 e. The molecule has 6 atom stereocenters. The Bertz CT molecular complexity index is 1900. The Labute approximate surface area is 288 Å². The fraction of sp³-hybridized carbons (Fsp3) is 0.286. The van der Waals surface area contributed by atoms with Crippen molar-refractivity contribution in [3.8, 4) is 11.5 Å². The fourth-order valence-electron chi connectivity index (χ4n) is 7.76.